The number of benzene rings is 6. The van der Waals surface area contributed by atoms with Crippen LogP contribution in [0.3, 0.4) is 0 Å². The number of para-hydroxylation sites is 4. The van der Waals surface area contributed by atoms with Crippen LogP contribution in [-0.2, 0) is 0 Å². The molecule has 0 radical (unpaired) electrons. The Hall–Kier alpha value is -6.79. The molecule has 0 fully saturated rings. The van der Waals surface area contributed by atoms with E-state index in [-0.39, 0.29) is 0 Å². The van der Waals surface area contributed by atoms with Crippen molar-refractivity contribution in [2.24, 2.45) is 0 Å². The van der Waals surface area contributed by atoms with E-state index in [0.717, 1.165) is 77.1 Å². The Morgan fingerprint density at radius 2 is 1.12 bits per heavy atom. The lowest BCUT2D eigenvalue weighted by molar-refractivity contribution is 0.402. The van der Waals surface area contributed by atoms with Crippen LogP contribution in [0.15, 0.2) is 164 Å². The summed E-state index contributed by atoms with van der Waals surface area (Å²) in [5.74, 6) is 0. The maximum atomic E-state index is 16.8. The summed E-state index contributed by atoms with van der Waals surface area (Å²) in [7, 11) is 0. The maximum Gasteiger partial charge on any atom is 0.150 e. The Morgan fingerprint density at radius 1 is 0.451 bits per heavy atom. The molecule has 5 heterocycles. The van der Waals surface area contributed by atoms with E-state index in [1.807, 2.05) is 73.1 Å². The van der Waals surface area contributed by atoms with Crippen molar-refractivity contribution in [2.75, 3.05) is 0 Å². The van der Waals surface area contributed by atoms with Crippen LogP contribution >= 0.6 is 0 Å². The zero-order chi connectivity index (χ0) is 33.6. The molecular formula is C45H28FN5. The topological polar surface area (TPSA) is 40.0 Å². The molecule has 0 aliphatic heterocycles. The third kappa shape index (κ3) is 3.96. The summed E-state index contributed by atoms with van der Waals surface area (Å²) >= 11 is 0. The number of aromatic nitrogens is 5. The standard InChI is InChI=1S/C45H28FN5/c46-43(29-21-22-32-33-15-4-7-18-37(33)49-24-23-47-44(49)36(32)26-29)28-11-10-14-31(25-28)51-39-20-9-6-17-35(39)42-41-34-16-5-8-19-38(34)50(30-12-2-1-3-13-30)40(41)27-48-45(42)51/h1-27,43H. The molecule has 5 nitrogen and oxygen atoms in total. The molecule has 51 heavy (non-hydrogen) atoms. The number of hydrogen-bond donors (Lipinski definition) is 0. The SMILES string of the molecule is FC(c1cccc(-n2c3ccccc3c3c4c5ccccc5n(-c5ccccc5)c4cnc32)c1)c1ccc2c3ccccc3n3ccnc3c2c1. The molecule has 0 amide bonds. The number of imidazole rings is 1. The first-order valence-corrected chi connectivity index (χ1v) is 17.1. The number of nitrogens with zero attached hydrogens (tertiary/aromatic N) is 5. The first-order valence-electron chi connectivity index (χ1n) is 17.1. The Kier molecular flexibility index (Phi) is 5.84. The minimum absolute atomic E-state index is 0.583. The summed E-state index contributed by atoms with van der Waals surface area (Å²) in [4.78, 5) is 9.82. The minimum atomic E-state index is -1.34. The monoisotopic (exact) mass is 657 g/mol. The van der Waals surface area contributed by atoms with Crippen molar-refractivity contribution in [3.8, 4) is 11.4 Å². The molecule has 6 heteroatoms. The summed E-state index contributed by atoms with van der Waals surface area (Å²) in [5, 5.41) is 7.62. The molecule has 6 aromatic carbocycles. The van der Waals surface area contributed by atoms with Gasteiger partial charge in [-0.15, -0.1) is 0 Å². The van der Waals surface area contributed by atoms with Crippen LogP contribution in [0.4, 0.5) is 4.39 Å². The van der Waals surface area contributed by atoms with E-state index in [1.165, 1.54) is 5.39 Å². The largest absolute Gasteiger partial charge is 0.308 e. The van der Waals surface area contributed by atoms with Gasteiger partial charge in [-0.25, -0.2) is 14.4 Å². The van der Waals surface area contributed by atoms with E-state index >= 15 is 4.39 Å². The van der Waals surface area contributed by atoms with Gasteiger partial charge >= 0.3 is 0 Å². The highest BCUT2D eigenvalue weighted by atomic mass is 19.1. The van der Waals surface area contributed by atoms with Gasteiger partial charge in [-0.1, -0.05) is 97.1 Å². The van der Waals surface area contributed by atoms with Crippen LogP contribution < -0.4 is 0 Å². The zero-order valence-corrected chi connectivity index (χ0v) is 27.3. The molecule has 0 aliphatic rings. The second-order valence-electron chi connectivity index (χ2n) is 13.2. The predicted molar refractivity (Wildman–Crippen MR) is 206 cm³/mol. The van der Waals surface area contributed by atoms with E-state index in [0.29, 0.717) is 11.1 Å². The summed E-state index contributed by atoms with van der Waals surface area (Å²) in [5.41, 5.74) is 9.07. The van der Waals surface area contributed by atoms with Crippen molar-refractivity contribution in [2.45, 2.75) is 6.17 Å². The van der Waals surface area contributed by atoms with Crippen LogP contribution in [0.2, 0.25) is 0 Å². The molecule has 11 aromatic rings. The third-order valence-corrected chi connectivity index (χ3v) is 10.4. The van der Waals surface area contributed by atoms with E-state index in [4.69, 9.17) is 4.98 Å². The Bertz CT molecular complexity index is 3170. The molecule has 0 aliphatic carbocycles. The van der Waals surface area contributed by atoms with Crippen LogP contribution in [0.5, 0.6) is 0 Å². The summed E-state index contributed by atoms with van der Waals surface area (Å²) in [6.07, 6.45) is 4.41. The van der Waals surface area contributed by atoms with Crippen LogP contribution in [-0.4, -0.2) is 23.5 Å². The molecule has 0 N–H and O–H groups in total. The highest BCUT2D eigenvalue weighted by Gasteiger charge is 2.22. The molecule has 0 saturated heterocycles. The van der Waals surface area contributed by atoms with Gasteiger partial charge in [0.1, 0.15) is 11.3 Å². The molecule has 240 valence electrons. The summed E-state index contributed by atoms with van der Waals surface area (Å²) in [6.45, 7) is 0. The number of rotatable bonds is 4. The third-order valence-electron chi connectivity index (χ3n) is 10.4. The van der Waals surface area contributed by atoms with Crippen LogP contribution in [0, 0.1) is 0 Å². The zero-order valence-electron chi connectivity index (χ0n) is 27.3. The maximum absolute atomic E-state index is 16.8. The van der Waals surface area contributed by atoms with Gasteiger partial charge in [-0.2, -0.15) is 0 Å². The molecule has 0 bridgehead atoms. The quantitative estimate of drug-likeness (QED) is 0.177. The summed E-state index contributed by atoms with van der Waals surface area (Å²) < 4.78 is 23.3. The van der Waals surface area contributed by atoms with E-state index in [9.17, 15) is 0 Å². The van der Waals surface area contributed by atoms with Gasteiger partial charge in [0.25, 0.3) is 0 Å². The van der Waals surface area contributed by atoms with Gasteiger partial charge in [0, 0.05) is 56.1 Å². The fourth-order valence-electron chi connectivity index (χ4n) is 8.24. The van der Waals surface area contributed by atoms with Crippen molar-refractivity contribution < 1.29 is 4.39 Å². The number of fused-ring (bicyclic) bond motifs is 13. The van der Waals surface area contributed by atoms with E-state index in [2.05, 4.69) is 103 Å². The van der Waals surface area contributed by atoms with Gasteiger partial charge in [-0.3, -0.25) is 8.97 Å². The Balaban J connectivity index is 1.11. The fourth-order valence-corrected chi connectivity index (χ4v) is 8.24. The molecule has 11 rings (SSSR count). The van der Waals surface area contributed by atoms with Crippen molar-refractivity contribution in [1.29, 1.82) is 0 Å². The second-order valence-corrected chi connectivity index (χ2v) is 13.2. The van der Waals surface area contributed by atoms with Gasteiger partial charge in [0.2, 0.25) is 0 Å². The molecule has 5 aromatic heterocycles. The lowest BCUT2D eigenvalue weighted by Crippen LogP contribution is -2.00. The van der Waals surface area contributed by atoms with Crippen molar-refractivity contribution in [1.82, 2.24) is 23.5 Å². The average Bonchev–Trinajstić information content (AvgIpc) is 3.91. The fraction of sp³-hybridized carbons (Fsp3) is 0.0222. The van der Waals surface area contributed by atoms with Gasteiger partial charge in [0.15, 0.2) is 6.17 Å². The van der Waals surface area contributed by atoms with Crippen molar-refractivity contribution in [3.63, 3.8) is 0 Å². The van der Waals surface area contributed by atoms with Gasteiger partial charge in [-0.05, 0) is 65.0 Å². The first kappa shape index (κ1) is 28.1. The minimum Gasteiger partial charge on any atom is -0.308 e. The van der Waals surface area contributed by atoms with Crippen molar-refractivity contribution >= 4 is 71.1 Å². The highest BCUT2D eigenvalue weighted by Crippen LogP contribution is 2.42. The Morgan fingerprint density at radius 3 is 1.94 bits per heavy atom. The van der Waals surface area contributed by atoms with Crippen molar-refractivity contribution in [3.05, 3.63) is 175 Å². The smallest absolute Gasteiger partial charge is 0.150 e. The predicted octanol–water partition coefficient (Wildman–Crippen LogP) is 11.3. The molecule has 1 atom stereocenters. The normalized spacial score (nSPS) is 12.7. The number of alkyl halides is 1. The van der Waals surface area contributed by atoms with E-state index < -0.39 is 6.17 Å². The van der Waals surface area contributed by atoms with E-state index in [1.54, 1.807) is 6.20 Å². The number of halogens is 1. The van der Waals surface area contributed by atoms with Crippen LogP contribution in [0.1, 0.15) is 17.3 Å². The molecule has 0 saturated carbocycles. The molecule has 1 unspecified atom stereocenters. The van der Waals surface area contributed by atoms with Crippen LogP contribution in [0.25, 0.3) is 82.4 Å². The highest BCUT2D eigenvalue weighted by molar-refractivity contribution is 6.27. The lowest BCUT2D eigenvalue weighted by atomic mass is 9.98. The van der Waals surface area contributed by atoms with Gasteiger partial charge < -0.3 is 4.57 Å². The molecular weight excluding hydrogens is 630 g/mol. The number of hydrogen-bond acceptors (Lipinski definition) is 2. The Labute approximate surface area is 291 Å². The second kappa shape index (κ2) is 10.6. The lowest BCUT2D eigenvalue weighted by Gasteiger charge is -2.14. The first-order chi connectivity index (χ1) is 25.2. The molecule has 0 spiro atoms. The summed E-state index contributed by atoms with van der Waals surface area (Å²) in [6, 6.07) is 49.4. The van der Waals surface area contributed by atoms with Gasteiger partial charge in [0.05, 0.1) is 28.3 Å². The number of pyridine rings is 2. The average molecular weight is 658 g/mol.